The molecule has 1 atom stereocenters. The highest BCUT2D eigenvalue weighted by molar-refractivity contribution is 7.88. The fourth-order valence-electron chi connectivity index (χ4n) is 3.15. The highest BCUT2D eigenvalue weighted by atomic mass is 32.2. The number of rotatable bonds is 7. The van der Waals surface area contributed by atoms with Crippen molar-refractivity contribution in [1.82, 2.24) is 9.62 Å². The SMILES string of the molecule is CS(=O)(=O)N1CCCC1C(=O)NCc1ccc(OCc2ccccc2)cc1. The highest BCUT2D eigenvalue weighted by Gasteiger charge is 2.36. The first kappa shape index (κ1) is 19.4. The Kier molecular flexibility index (Phi) is 6.13. The van der Waals surface area contributed by atoms with E-state index in [9.17, 15) is 13.2 Å². The maximum Gasteiger partial charge on any atom is 0.238 e. The average Bonchev–Trinajstić information content (AvgIpc) is 3.17. The first-order valence-corrected chi connectivity index (χ1v) is 10.8. The van der Waals surface area contributed by atoms with E-state index >= 15 is 0 Å². The van der Waals surface area contributed by atoms with Crippen LogP contribution in [0.15, 0.2) is 54.6 Å². The minimum atomic E-state index is -3.36. The monoisotopic (exact) mass is 388 g/mol. The lowest BCUT2D eigenvalue weighted by Gasteiger charge is -2.21. The quantitative estimate of drug-likeness (QED) is 0.790. The molecule has 3 rings (SSSR count). The fraction of sp³-hybridized carbons (Fsp3) is 0.350. The molecule has 0 bridgehead atoms. The summed E-state index contributed by atoms with van der Waals surface area (Å²) in [6, 6.07) is 16.8. The van der Waals surface area contributed by atoms with Crippen molar-refractivity contribution < 1.29 is 17.9 Å². The number of carbonyl (C=O) groups excluding carboxylic acids is 1. The summed E-state index contributed by atoms with van der Waals surface area (Å²) in [5.41, 5.74) is 2.03. The van der Waals surface area contributed by atoms with Crippen molar-refractivity contribution in [2.45, 2.75) is 32.0 Å². The van der Waals surface area contributed by atoms with Crippen LogP contribution in [0.2, 0.25) is 0 Å². The van der Waals surface area contributed by atoms with Crippen molar-refractivity contribution in [2.75, 3.05) is 12.8 Å². The van der Waals surface area contributed by atoms with E-state index in [-0.39, 0.29) is 5.91 Å². The molecular weight excluding hydrogens is 364 g/mol. The molecule has 1 heterocycles. The molecule has 0 aromatic heterocycles. The van der Waals surface area contributed by atoms with Crippen molar-refractivity contribution in [1.29, 1.82) is 0 Å². The number of nitrogens with one attached hydrogen (secondary N) is 1. The molecule has 1 saturated heterocycles. The minimum absolute atomic E-state index is 0.248. The van der Waals surface area contributed by atoms with E-state index in [1.54, 1.807) is 0 Å². The molecule has 27 heavy (non-hydrogen) atoms. The van der Waals surface area contributed by atoms with Gasteiger partial charge in [0.05, 0.1) is 6.26 Å². The zero-order valence-corrected chi connectivity index (χ0v) is 16.1. The maximum atomic E-state index is 12.4. The van der Waals surface area contributed by atoms with Gasteiger partial charge in [-0.25, -0.2) is 8.42 Å². The van der Waals surface area contributed by atoms with Crippen molar-refractivity contribution in [2.24, 2.45) is 0 Å². The lowest BCUT2D eigenvalue weighted by atomic mass is 10.2. The summed E-state index contributed by atoms with van der Waals surface area (Å²) in [6.45, 7) is 1.26. The third-order valence-corrected chi connectivity index (χ3v) is 5.86. The van der Waals surface area contributed by atoms with Gasteiger partial charge in [-0.15, -0.1) is 0 Å². The average molecular weight is 388 g/mol. The number of hydrogen-bond acceptors (Lipinski definition) is 4. The molecule has 2 aromatic rings. The lowest BCUT2D eigenvalue weighted by Crippen LogP contribution is -2.45. The zero-order valence-electron chi connectivity index (χ0n) is 15.3. The van der Waals surface area contributed by atoms with Crippen LogP contribution in [0.3, 0.4) is 0 Å². The highest BCUT2D eigenvalue weighted by Crippen LogP contribution is 2.20. The Balaban J connectivity index is 1.50. The van der Waals surface area contributed by atoms with Gasteiger partial charge in [0.1, 0.15) is 18.4 Å². The van der Waals surface area contributed by atoms with Crippen LogP contribution >= 0.6 is 0 Å². The van der Waals surface area contributed by atoms with E-state index in [0.29, 0.717) is 32.5 Å². The number of nitrogens with zero attached hydrogens (tertiary/aromatic N) is 1. The molecule has 0 radical (unpaired) electrons. The summed E-state index contributed by atoms with van der Waals surface area (Å²) < 4.78 is 30.5. The Morgan fingerprint density at radius 1 is 1.11 bits per heavy atom. The van der Waals surface area contributed by atoms with Crippen LogP contribution < -0.4 is 10.1 Å². The molecule has 1 amide bonds. The molecular formula is C20H24N2O4S. The third kappa shape index (κ3) is 5.30. The Bertz CT molecular complexity index is 867. The van der Waals surface area contributed by atoms with Crippen LogP contribution in [0.5, 0.6) is 5.75 Å². The van der Waals surface area contributed by atoms with Crippen molar-refractivity contribution in [3.05, 3.63) is 65.7 Å². The largest absolute Gasteiger partial charge is 0.489 e. The molecule has 7 heteroatoms. The van der Waals surface area contributed by atoms with Crippen LogP contribution in [-0.4, -0.2) is 37.5 Å². The molecule has 1 unspecified atom stereocenters. The van der Waals surface area contributed by atoms with Crippen molar-refractivity contribution in [3.63, 3.8) is 0 Å². The summed E-state index contributed by atoms with van der Waals surface area (Å²) in [5.74, 6) is 0.510. The molecule has 144 valence electrons. The topological polar surface area (TPSA) is 75.7 Å². The fourth-order valence-corrected chi connectivity index (χ4v) is 4.27. The number of sulfonamides is 1. The molecule has 0 aliphatic carbocycles. The molecule has 1 aliphatic heterocycles. The van der Waals surface area contributed by atoms with Gasteiger partial charge >= 0.3 is 0 Å². The van der Waals surface area contributed by atoms with E-state index in [4.69, 9.17) is 4.74 Å². The summed E-state index contributed by atoms with van der Waals surface area (Å²) in [4.78, 5) is 12.4. The Morgan fingerprint density at radius 3 is 2.48 bits per heavy atom. The van der Waals surface area contributed by atoms with Gasteiger partial charge < -0.3 is 10.1 Å². The minimum Gasteiger partial charge on any atom is -0.489 e. The number of benzene rings is 2. The molecule has 1 N–H and O–H groups in total. The predicted octanol–water partition coefficient (Wildman–Crippen LogP) is 2.31. The molecule has 1 aliphatic rings. The van der Waals surface area contributed by atoms with Gasteiger partial charge in [-0.05, 0) is 36.1 Å². The summed E-state index contributed by atoms with van der Waals surface area (Å²) in [7, 11) is -3.36. The van der Waals surface area contributed by atoms with Crippen molar-refractivity contribution >= 4 is 15.9 Å². The van der Waals surface area contributed by atoms with Gasteiger partial charge in [-0.2, -0.15) is 4.31 Å². The Morgan fingerprint density at radius 2 is 1.81 bits per heavy atom. The van der Waals surface area contributed by atoms with Gasteiger partial charge in [-0.1, -0.05) is 42.5 Å². The molecule has 1 fully saturated rings. The van der Waals surface area contributed by atoms with Crippen LogP contribution in [0.1, 0.15) is 24.0 Å². The van der Waals surface area contributed by atoms with Crippen LogP contribution in [-0.2, 0) is 28.0 Å². The Hall–Kier alpha value is -2.38. The molecule has 2 aromatic carbocycles. The summed E-state index contributed by atoms with van der Waals surface area (Å²) in [6.07, 6.45) is 2.41. The van der Waals surface area contributed by atoms with Gasteiger partial charge in [0.15, 0.2) is 0 Å². The second kappa shape index (κ2) is 8.54. The second-order valence-corrected chi connectivity index (χ2v) is 8.60. The van der Waals surface area contributed by atoms with Gasteiger partial charge in [0.25, 0.3) is 0 Å². The number of hydrogen-bond donors (Lipinski definition) is 1. The van der Waals surface area contributed by atoms with Gasteiger partial charge in [0, 0.05) is 13.1 Å². The molecule has 6 nitrogen and oxygen atoms in total. The van der Waals surface area contributed by atoms with Gasteiger partial charge in [0.2, 0.25) is 15.9 Å². The summed E-state index contributed by atoms with van der Waals surface area (Å²) >= 11 is 0. The van der Waals surface area contributed by atoms with E-state index in [2.05, 4.69) is 5.32 Å². The zero-order chi connectivity index (χ0) is 19.3. The van der Waals surface area contributed by atoms with Crippen LogP contribution in [0.25, 0.3) is 0 Å². The normalized spacial score (nSPS) is 17.6. The van der Waals surface area contributed by atoms with Gasteiger partial charge in [-0.3, -0.25) is 4.79 Å². The number of carbonyl (C=O) groups is 1. The van der Waals surface area contributed by atoms with Crippen LogP contribution in [0.4, 0.5) is 0 Å². The smallest absolute Gasteiger partial charge is 0.238 e. The van der Waals surface area contributed by atoms with Crippen LogP contribution in [0, 0.1) is 0 Å². The number of ether oxygens (including phenoxy) is 1. The molecule has 0 saturated carbocycles. The van der Waals surface area contributed by atoms with E-state index in [0.717, 1.165) is 23.1 Å². The van der Waals surface area contributed by atoms with E-state index in [1.165, 1.54) is 4.31 Å². The molecule has 0 spiro atoms. The standard InChI is InChI=1S/C20H24N2O4S/c1-27(24,25)22-13-5-8-19(22)20(23)21-14-16-9-11-18(12-10-16)26-15-17-6-3-2-4-7-17/h2-4,6-7,9-12,19H,5,8,13-15H2,1H3,(H,21,23). The first-order valence-electron chi connectivity index (χ1n) is 8.94. The Labute approximate surface area is 160 Å². The van der Waals surface area contributed by atoms with E-state index < -0.39 is 16.1 Å². The lowest BCUT2D eigenvalue weighted by molar-refractivity contribution is -0.124. The van der Waals surface area contributed by atoms with Crippen molar-refractivity contribution in [3.8, 4) is 5.75 Å². The predicted molar refractivity (Wildman–Crippen MR) is 104 cm³/mol. The first-order chi connectivity index (χ1) is 12.9. The maximum absolute atomic E-state index is 12.4. The number of amides is 1. The second-order valence-electron chi connectivity index (χ2n) is 6.67. The third-order valence-electron chi connectivity index (χ3n) is 4.57. The van der Waals surface area contributed by atoms with E-state index in [1.807, 2.05) is 54.6 Å². The summed E-state index contributed by atoms with van der Waals surface area (Å²) in [5, 5.41) is 2.83.